The lowest BCUT2D eigenvalue weighted by atomic mass is 10.0. The van der Waals surface area contributed by atoms with E-state index in [1.54, 1.807) is 6.92 Å². The van der Waals surface area contributed by atoms with Crippen molar-refractivity contribution >= 4 is 17.8 Å². The smallest absolute Gasteiger partial charge is 0.410 e. The summed E-state index contributed by atoms with van der Waals surface area (Å²) in [6.45, 7) is 1.62. The first-order valence-electron chi connectivity index (χ1n) is 4.74. The van der Waals surface area contributed by atoms with Gasteiger partial charge in [-0.15, -0.1) is 0 Å². The Morgan fingerprint density at radius 3 is 2.80 bits per heavy atom. The van der Waals surface area contributed by atoms with Crippen molar-refractivity contribution in [1.82, 2.24) is 4.90 Å². The van der Waals surface area contributed by atoms with Crippen LogP contribution < -0.4 is 0 Å². The van der Waals surface area contributed by atoms with Crippen LogP contribution in [0.15, 0.2) is 0 Å². The number of piperidine rings is 1. The minimum absolute atomic E-state index is 0.138. The average molecular weight is 215 g/mol. The van der Waals surface area contributed by atoms with Crippen LogP contribution in [-0.2, 0) is 14.3 Å². The van der Waals surface area contributed by atoms with E-state index in [4.69, 9.17) is 5.11 Å². The van der Waals surface area contributed by atoms with Crippen LogP contribution in [0.4, 0.5) is 4.79 Å². The van der Waals surface area contributed by atoms with Gasteiger partial charge in [0.1, 0.15) is 6.04 Å². The number of Topliss-reactive ketones (excluding diaryl/α,β-unsaturated/α-hetero) is 1. The van der Waals surface area contributed by atoms with Crippen LogP contribution >= 0.6 is 0 Å². The molecule has 0 radical (unpaired) electrons. The first kappa shape index (κ1) is 11.5. The second-order valence-corrected chi connectivity index (χ2v) is 3.26. The third-order valence-electron chi connectivity index (χ3n) is 2.21. The van der Waals surface area contributed by atoms with E-state index in [0.29, 0.717) is 0 Å². The van der Waals surface area contributed by atoms with Crippen LogP contribution in [0.3, 0.4) is 0 Å². The van der Waals surface area contributed by atoms with E-state index >= 15 is 0 Å². The molecule has 0 unspecified atom stereocenters. The minimum atomic E-state index is -1.10. The van der Waals surface area contributed by atoms with Crippen molar-refractivity contribution in [2.45, 2.75) is 25.8 Å². The second-order valence-electron chi connectivity index (χ2n) is 3.26. The third kappa shape index (κ3) is 2.68. The Morgan fingerprint density at radius 2 is 2.27 bits per heavy atom. The van der Waals surface area contributed by atoms with E-state index in [2.05, 4.69) is 4.74 Å². The molecule has 1 N–H and O–H groups in total. The number of nitrogens with zero attached hydrogens (tertiary/aromatic N) is 1. The highest BCUT2D eigenvalue weighted by Gasteiger charge is 2.35. The molecule has 0 saturated carbocycles. The maximum atomic E-state index is 11.3. The number of carbonyl (C=O) groups excluding carboxylic acids is 2. The molecule has 6 nitrogen and oxygen atoms in total. The zero-order valence-corrected chi connectivity index (χ0v) is 8.43. The summed E-state index contributed by atoms with van der Waals surface area (Å²) < 4.78 is 4.68. The largest absolute Gasteiger partial charge is 0.480 e. The summed E-state index contributed by atoms with van der Waals surface area (Å²) in [6.07, 6.45) is -0.377. The minimum Gasteiger partial charge on any atom is -0.480 e. The average Bonchev–Trinajstić information content (AvgIpc) is 2.17. The molecular weight excluding hydrogens is 202 g/mol. The molecule has 1 atom stereocenters. The fraction of sp³-hybridized carbons (Fsp3) is 0.667. The van der Waals surface area contributed by atoms with Crippen LogP contribution in [0, 0.1) is 0 Å². The van der Waals surface area contributed by atoms with Gasteiger partial charge in [0.2, 0.25) is 0 Å². The number of ketones is 1. The summed E-state index contributed by atoms with van der Waals surface area (Å²) in [6, 6.07) is -0.943. The van der Waals surface area contributed by atoms with Gasteiger partial charge in [0.25, 0.3) is 0 Å². The van der Waals surface area contributed by atoms with Crippen molar-refractivity contribution in [3.63, 3.8) is 0 Å². The topological polar surface area (TPSA) is 83.9 Å². The number of hydrogen-bond acceptors (Lipinski definition) is 4. The third-order valence-corrected chi connectivity index (χ3v) is 2.21. The fourth-order valence-electron chi connectivity index (χ4n) is 1.49. The number of ether oxygens (including phenoxy) is 1. The molecule has 15 heavy (non-hydrogen) atoms. The number of carboxylic acid groups (broad SMARTS) is 1. The Balaban J connectivity index is 2.74. The molecule has 1 saturated heterocycles. The highest BCUT2D eigenvalue weighted by atomic mass is 16.6. The molecule has 0 aromatic rings. The normalized spacial score (nSPS) is 21.3. The zero-order valence-electron chi connectivity index (χ0n) is 8.43. The first-order chi connectivity index (χ1) is 7.06. The SMILES string of the molecule is CCOC(=O)N1CC(=O)CC[C@@H]1C(=O)O. The Labute approximate surface area is 86.8 Å². The van der Waals surface area contributed by atoms with Crippen LogP contribution in [0.2, 0.25) is 0 Å². The summed E-state index contributed by atoms with van der Waals surface area (Å²) in [5, 5.41) is 8.85. The van der Waals surface area contributed by atoms with Crippen LogP contribution in [0.25, 0.3) is 0 Å². The predicted octanol–water partition coefficient (Wildman–Crippen LogP) is 0.261. The van der Waals surface area contributed by atoms with Gasteiger partial charge in [0, 0.05) is 6.42 Å². The molecule has 1 rings (SSSR count). The molecule has 1 aliphatic heterocycles. The van der Waals surface area contributed by atoms with Crippen molar-refractivity contribution in [3.8, 4) is 0 Å². The summed E-state index contributed by atoms with van der Waals surface area (Å²) in [5.41, 5.74) is 0. The van der Waals surface area contributed by atoms with Gasteiger partial charge in [-0.3, -0.25) is 9.69 Å². The lowest BCUT2D eigenvalue weighted by molar-refractivity contribution is -0.145. The van der Waals surface area contributed by atoms with E-state index in [1.807, 2.05) is 0 Å². The van der Waals surface area contributed by atoms with Crippen LogP contribution in [0.1, 0.15) is 19.8 Å². The van der Waals surface area contributed by atoms with Gasteiger partial charge in [0.05, 0.1) is 13.2 Å². The first-order valence-corrected chi connectivity index (χ1v) is 4.74. The lowest BCUT2D eigenvalue weighted by Gasteiger charge is -2.30. The molecule has 0 aromatic carbocycles. The molecule has 6 heteroatoms. The zero-order chi connectivity index (χ0) is 11.4. The molecule has 0 spiro atoms. The van der Waals surface area contributed by atoms with Crippen LogP contribution in [0.5, 0.6) is 0 Å². The number of carbonyl (C=O) groups is 3. The molecule has 0 aromatic heterocycles. The summed E-state index contributed by atoms with van der Waals surface area (Å²) in [7, 11) is 0. The molecule has 0 aliphatic carbocycles. The van der Waals surface area contributed by atoms with Gasteiger partial charge in [-0.1, -0.05) is 0 Å². The van der Waals surface area contributed by atoms with E-state index < -0.39 is 18.1 Å². The van der Waals surface area contributed by atoms with Crippen LogP contribution in [-0.4, -0.2) is 47.0 Å². The van der Waals surface area contributed by atoms with Crippen molar-refractivity contribution < 1.29 is 24.2 Å². The number of aliphatic carboxylic acids is 1. The van der Waals surface area contributed by atoms with Crippen molar-refractivity contribution in [1.29, 1.82) is 0 Å². The van der Waals surface area contributed by atoms with Crippen molar-refractivity contribution in [3.05, 3.63) is 0 Å². The standard InChI is InChI=1S/C9H13NO5/c1-2-15-9(14)10-5-6(11)3-4-7(10)8(12)13/h7H,2-5H2,1H3,(H,12,13)/t7-/m1/s1. The molecule has 1 amide bonds. The van der Waals surface area contributed by atoms with Crippen molar-refractivity contribution in [2.24, 2.45) is 0 Å². The Hall–Kier alpha value is -1.59. The van der Waals surface area contributed by atoms with Gasteiger partial charge >= 0.3 is 12.1 Å². The second kappa shape index (κ2) is 4.77. The van der Waals surface area contributed by atoms with E-state index in [-0.39, 0.29) is 31.8 Å². The van der Waals surface area contributed by atoms with Gasteiger partial charge < -0.3 is 9.84 Å². The number of hydrogen-bond donors (Lipinski definition) is 1. The molecule has 1 fully saturated rings. The van der Waals surface area contributed by atoms with E-state index in [1.165, 1.54) is 0 Å². The summed E-state index contributed by atoms with van der Waals surface area (Å²) in [4.78, 5) is 34.2. The molecule has 1 heterocycles. The fourth-order valence-corrected chi connectivity index (χ4v) is 1.49. The molecule has 84 valence electrons. The van der Waals surface area contributed by atoms with Gasteiger partial charge in [-0.25, -0.2) is 9.59 Å². The van der Waals surface area contributed by atoms with Gasteiger partial charge in [-0.2, -0.15) is 0 Å². The van der Waals surface area contributed by atoms with Gasteiger partial charge in [0.15, 0.2) is 5.78 Å². The summed E-state index contributed by atoms with van der Waals surface area (Å²) >= 11 is 0. The van der Waals surface area contributed by atoms with E-state index in [0.717, 1.165) is 4.90 Å². The van der Waals surface area contributed by atoms with E-state index in [9.17, 15) is 14.4 Å². The molecule has 1 aliphatic rings. The Kier molecular flexibility index (Phi) is 3.65. The molecule has 0 bridgehead atoms. The maximum absolute atomic E-state index is 11.3. The number of carboxylic acids is 1. The number of rotatable bonds is 2. The predicted molar refractivity (Wildman–Crippen MR) is 49.4 cm³/mol. The summed E-state index contributed by atoms with van der Waals surface area (Å²) in [5.74, 6) is -1.24. The quantitative estimate of drug-likeness (QED) is 0.714. The Bertz CT molecular complexity index is 288. The maximum Gasteiger partial charge on any atom is 0.410 e. The van der Waals surface area contributed by atoms with Gasteiger partial charge in [-0.05, 0) is 13.3 Å². The highest BCUT2D eigenvalue weighted by molar-refractivity contribution is 5.89. The molecular formula is C9H13NO5. The Morgan fingerprint density at radius 1 is 1.60 bits per heavy atom. The number of likely N-dealkylation sites (tertiary alicyclic amines) is 1. The number of amides is 1. The monoisotopic (exact) mass is 215 g/mol. The highest BCUT2D eigenvalue weighted by Crippen LogP contribution is 2.16. The van der Waals surface area contributed by atoms with Crippen molar-refractivity contribution in [2.75, 3.05) is 13.2 Å². The lowest BCUT2D eigenvalue weighted by Crippen LogP contribution is -2.51.